The molecule has 0 bridgehead atoms. The number of aromatic nitrogens is 1. The Bertz CT molecular complexity index is 637. The van der Waals surface area contributed by atoms with Crippen LogP contribution in [0.4, 0.5) is 5.69 Å². The van der Waals surface area contributed by atoms with Gasteiger partial charge in [-0.2, -0.15) is 0 Å². The zero-order valence-corrected chi connectivity index (χ0v) is 17.3. The van der Waals surface area contributed by atoms with E-state index in [9.17, 15) is 9.59 Å². The third-order valence-corrected chi connectivity index (χ3v) is 3.84. The summed E-state index contributed by atoms with van der Waals surface area (Å²) in [5.74, 6) is -0.352. The van der Waals surface area contributed by atoms with Gasteiger partial charge in [0.25, 0.3) is 0 Å². The van der Waals surface area contributed by atoms with Crippen LogP contribution in [-0.4, -0.2) is 23.7 Å². The maximum Gasteiger partial charge on any atom is 0.172 e. The van der Waals surface area contributed by atoms with Gasteiger partial charge in [-0.05, 0) is 46.9 Å². The van der Waals surface area contributed by atoms with Gasteiger partial charge in [-0.1, -0.05) is 34.2 Å². The zero-order valence-electron chi connectivity index (χ0n) is 10.7. The van der Waals surface area contributed by atoms with E-state index in [0.29, 0.717) is 10.3 Å². The number of halogens is 2. The molecule has 1 aromatic carbocycles. The molecule has 0 spiro atoms. The molecule has 105 valence electrons. The van der Waals surface area contributed by atoms with Crippen LogP contribution in [0.15, 0.2) is 41.1 Å². The Kier molecular flexibility index (Phi) is 8.15. The number of carbonyl (C=O) groups is 1. The van der Waals surface area contributed by atoms with Crippen LogP contribution in [-0.2, 0) is 37.5 Å². The molecule has 0 atom stereocenters. The molecule has 4 nitrogen and oxygen atoms in total. The van der Waals surface area contributed by atoms with Crippen LogP contribution in [0.1, 0.15) is 10.4 Å². The van der Waals surface area contributed by atoms with Gasteiger partial charge in [-0.3, -0.25) is 0 Å². The average molecular weight is 532 g/mol. The summed E-state index contributed by atoms with van der Waals surface area (Å²) in [5.41, 5.74) is 0.907. The van der Waals surface area contributed by atoms with Gasteiger partial charge in [0.05, 0.1) is 0 Å². The van der Waals surface area contributed by atoms with Crippen molar-refractivity contribution in [3.63, 3.8) is 0 Å². The first-order valence-corrected chi connectivity index (χ1v) is 7.45. The Morgan fingerprint density at radius 1 is 1.38 bits per heavy atom. The number of benzene rings is 1. The Balaban J connectivity index is 0.00000220. The smallest absolute Gasteiger partial charge is 0.172 e. The summed E-state index contributed by atoms with van der Waals surface area (Å²) in [5, 5.41) is 0. The Hall–Kier alpha value is -0.176. The average Bonchev–Trinajstić information content (AvgIpc) is 2.46. The van der Waals surface area contributed by atoms with Gasteiger partial charge < -0.3 is 19.5 Å². The van der Waals surface area contributed by atoms with Crippen LogP contribution in [0.25, 0.3) is 0 Å². The van der Waals surface area contributed by atoms with Crippen molar-refractivity contribution in [3.8, 4) is 0 Å². The number of hydrogen-bond acceptors (Lipinski definition) is 3. The Morgan fingerprint density at radius 2 is 2.05 bits per heavy atom. The van der Waals surface area contributed by atoms with E-state index in [2.05, 4.69) is 49.6 Å². The maximum absolute atomic E-state index is 12.5. The van der Waals surface area contributed by atoms with E-state index in [0.717, 1.165) is 3.57 Å². The van der Waals surface area contributed by atoms with Crippen LogP contribution in [0.3, 0.4) is 0 Å². The van der Waals surface area contributed by atoms with Gasteiger partial charge in [0, 0.05) is 46.6 Å². The fourth-order valence-corrected chi connectivity index (χ4v) is 2.36. The molecule has 0 N–H and O–H groups in total. The molecule has 1 amide bonds. The molecule has 2 aromatic rings. The van der Waals surface area contributed by atoms with Crippen molar-refractivity contribution in [2.45, 2.75) is 0 Å². The number of hydrogen-bond donors (Lipinski definition) is 0. The third kappa shape index (κ3) is 4.91. The molecule has 21 heavy (non-hydrogen) atoms. The molecule has 0 aliphatic rings. The second-order valence-electron chi connectivity index (χ2n) is 3.77. The van der Waals surface area contributed by atoms with Crippen LogP contribution in [0.5, 0.6) is 0 Å². The van der Waals surface area contributed by atoms with Crippen LogP contribution < -0.4 is 4.90 Å². The largest absolute Gasteiger partial charge is 0.540 e. The van der Waals surface area contributed by atoms with Gasteiger partial charge in [-0.25, -0.2) is 6.29 Å². The van der Waals surface area contributed by atoms with Gasteiger partial charge in [-0.15, -0.1) is 12.1 Å². The number of pyridine rings is 1. The second-order valence-corrected chi connectivity index (χ2v) is 5.76. The summed E-state index contributed by atoms with van der Waals surface area (Å²) in [7, 11) is 0. The van der Waals surface area contributed by atoms with Crippen molar-refractivity contribution in [1.29, 1.82) is 0 Å². The summed E-state index contributed by atoms with van der Waals surface area (Å²) >= 11 is 5.38. The minimum absolute atomic E-state index is 0. The quantitative estimate of drug-likeness (QED) is 0.346. The predicted octanol–water partition coefficient (Wildman–Crippen LogP) is 3.00. The topological polar surface area (TPSA) is 50.3 Å². The Morgan fingerprint density at radius 3 is 2.62 bits per heavy atom. The first-order valence-electron chi connectivity index (χ1n) is 5.58. The molecule has 1 heterocycles. The van der Waals surface area contributed by atoms with Crippen LogP contribution in [0.2, 0.25) is 0 Å². The zero-order chi connectivity index (χ0) is 14.5. The van der Waals surface area contributed by atoms with Crippen molar-refractivity contribution in [2.24, 2.45) is 0 Å². The Labute approximate surface area is 169 Å². The molecule has 7 heteroatoms. The molecule has 0 fully saturated rings. The van der Waals surface area contributed by atoms with E-state index in [1.54, 1.807) is 24.5 Å². The van der Waals surface area contributed by atoms with Crippen molar-refractivity contribution >= 4 is 56.4 Å². The summed E-state index contributed by atoms with van der Waals surface area (Å²) in [4.78, 5) is 28.5. The fourth-order valence-electron chi connectivity index (χ4n) is 1.60. The number of nitrogens with zero attached hydrogens (tertiary/aromatic N) is 2. The number of rotatable bonds is 4. The van der Waals surface area contributed by atoms with Crippen molar-refractivity contribution in [3.05, 3.63) is 56.3 Å². The van der Waals surface area contributed by atoms with Crippen molar-refractivity contribution < 1.29 is 42.3 Å². The molecule has 1 aromatic heterocycles. The molecule has 2 rings (SSSR count). The minimum atomic E-state index is -0.352. The molecule has 1 radical (unpaired) electrons. The molecule has 0 saturated carbocycles. The first kappa shape index (κ1) is 18.9. The predicted molar refractivity (Wildman–Crippen MR) is 87.3 cm³/mol. The molecular weight excluding hydrogens is 524 g/mol. The van der Waals surface area contributed by atoms with E-state index in [1.807, 2.05) is 12.1 Å². The van der Waals surface area contributed by atoms with E-state index in [-0.39, 0.29) is 50.7 Å². The monoisotopic (exact) mass is 531 g/mol. The van der Waals surface area contributed by atoms with Gasteiger partial charge >= 0.3 is 0 Å². The molecule has 0 saturated heterocycles. The molecule has 0 unspecified atom stereocenters. The van der Waals surface area contributed by atoms with E-state index >= 15 is 0 Å². The van der Waals surface area contributed by atoms with E-state index < -0.39 is 0 Å². The van der Waals surface area contributed by atoms with Gasteiger partial charge in [0.2, 0.25) is 0 Å². The standard InChI is InChI=1S/C14H8BrIN2O2.Y/c15-13-12(2-1-7-17-13)14(20)18(8-9-19)11-5-3-10(16)4-6-11;/h1,3-7H,8H2;/q-2;. The van der Waals surface area contributed by atoms with Gasteiger partial charge in [0.15, 0.2) is 5.91 Å². The number of carbonyl (C=O) groups excluding carboxylic acids is 2. The summed E-state index contributed by atoms with van der Waals surface area (Å²) in [6, 6.07) is 11.7. The fraction of sp³-hybridized carbons (Fsp3) is 0.0714. The van der Waals surface area contributed by atoms with E-state index in [4.69, 9.17) is 0 Å². The van der Waals surface area contributed by atoms with Gasteiger partial charge in [0.1, 0.15) is 0 Å². The summed E-state index contributed by atoms with van der Waals surface area (Å²) in [6.45, 7) is -0.144. The number of amides is 1. The SMILES string of the molecule is O=[C-]CN(C(=O)c1[c-]ccnc1Br)c1ccc(I)cc1.[Y]. The van der Waals surface area contributed by atoms with Crippen molar-refractivity contribution in [2.75, 3.05) is 11.4 Å². The molecule has 0 aliphatic heterocycles. The van der Waals surface area contributed by atoms with Crippen LogP contribution >= 0.6 is 38.5 Å². The maximum atomic E-state index is 12.5. The summed E-state index contributed by atoms with van der Waals surface area (Å²) in [6.07, 6.45) is 3.28. The summed E-state index contributed by atoms with van der Waals surface area (Å²) < 4.78 is 1.44. The molecule has 0 aliphatic carbocycles. The van der Waals surface area contributed by atoms with E-state index in [1.165, 1.54) is 11.1 Å². The van der Waals surface area contributed by atoms with Crippen LogP contribution in [0, 0.1) is 9.64 Å². The third-order valence-electron chi connectivity index (χ3n) is 2.52. The minimum Gasteiger partial charge on any atom is -0.540 e. The van der Waals surface area contributed by atoms with Crippen molar-refractivity contribution in [1.82, 2.24) is 4.98 Å². The second kappa shape index (κ2) is 9.07. The normalized spacial score (nSPS) is 9.62. The number of anilines is 1. The molecular formula is C14H8BrIN2O2Y-2. The first-order chi connectivity index (χ1) is 9.63.